The number of ether oxygens (including phenoxy) is 1. The number of hydrogen-bond acceptors (Lipinski definition) is 3. The van der Waals surface area contributed by atoms with Gasteiger partial charge < -0.3 is 10.5 Å². The quantitative estimate of drug-likeness (QED) is 0.831. The maximum atomic E-state index is 12.1. The average molecular weight is 220 g/mol. The third kappa shape index (κ3) is 3.00. The lowest BCUT2D eigenvalue weighted by Gasteiger charge is -2.17. The summed E-state index contributed by atoms with van der Waals surface area (Å²) in [5.41, 5.74) is 6.33. The number of nitrogen functional groups attached to an aromatic ring is 1. The van der Waals surface area contributed by atoms with Gasteiger partial charge in [0.1, 0.15) is 0 Å². The number of alkyl halides is 3. The van der Waals surface area contributed by atoms with Gasteiger partial charge >= 0.3 is 6.18 Å². The van der Waals surface area contributed by atoms with Gasteiger partial charge in [-0.3, -0.25) is 0 Å². The lowest BCUT2D eigenvalue weighted by Crippen LogP contribution is -2.31. The van der Waals surface area contributed by atoms with E-state index in [0.29, 0.717) is 11.4 Å². The van der Waals surface area contributed by atoms with Crippen molar-refractivity contribution in [1.82, 2.24) is 4.98 Å². The highest BCUT2D eigenvalue weighted by atomic mass is 19.4. The summed E-state index contributed by atoms with van der Waals surface area (Å²) in [4.78, 5) is 3.78. The highest BCUT2D eigenvalue weighted by molar-refractivity contribution is 5.43. The minimum atomic E-state index is -4.39. The topological polar surface area (TPSA) is 48.1 Å². The third-order valence-corrected chi connectivity index (χ3v) is 1.86. The Morgan fingerprint density at radius 3 is 2.47 bits per heavy atom. The van der Waals surface area contributed by atoms with E-state index in [9.17, 15) is 13.2 Å². The number of nitrogens with two attached hydrogens (primary N) is 1. The van der Waals surface area contributed by atoms with Gasteiger partial charge in [0.2, 0.25) is 5.88 Å². The van der Waals surface area contributed by atoms with E-state index >= 15 is 0 Å². The van der Waals surface area contributed by atoms with E-state index in [1.165, 1.54) is 12.1 Å². The third-order valence-electron chi connectivity index (χ3n) is 1.86. The Balaban J connectivity index is 2.78. The van der Waals surface area contributed by atoms with Crippen molar-refractivity contribution in [2.75, 3.05) is 5.73 Å². The van der Waals surface area contributed by atoms with Crippen molar-refractivity contribution in [3.05, 3.63) is 17.8 Å². The van der Waals surface area contributed by atoms with Gasteiger partial charge in [-0.1, -0.05) is 0 Å². The summed E-state index contributed by atoms with van der Waals surface area (Å²) in [6, 6.07) is 2.77. The molecule has 0 aromatic carbocycles. The predicted molar refractivity (Wildman–Crippen MR) is 49.5 cm³/mol. The first-order valence-corrected chi connectivity index (χ1v) is 4.27. The number of pyridine rings is 1. The molecule has 3 nitrogen and oxygen atoms in total. The van der Waals surface area contributed by atoms with Crippen molar-refractivity contribution in [2.24, 2.45) is 0 Å². The first kappa shape index (κ1) is 11.6. The molecule has 1 rings (SSSR count). The summed E-state index contributed by atoms with van der Waals surface area (Å²) in [6.45, 7) is 2.52. The first-order valence-electron chi connectivity index (χ1n) is 4.27. The molecule has 1 unspecified atom stereocenters. The van der Waals surface area contributed by atoms with Crippen LogP contribution in [0.3, 0.4) is 0 Å². The molecule has 0 aliphatic rings. The second kappa shape index (κ2) is 3.96. The molecule has 0 saturated carbocycles. The number of aromatic nitrogens is 1. The Hall–Kier alpha value is -1.46. The Bertz CT molecular complexity index is 352. The molecule has 15 heavy (non-hydrogen) atoms. The standard InChI is InChI=1S/C9H11F3N2O/c1-5-7(13)3-4-8(14-5)15-6(2)9(10,11)12/h3-4,6H,13H2,1-2H3. The van der Waals surface area contributed by atoms with Gasteiger partial charge in [0, 0.05) is 6.07 Å². The van der Waals surface area contributed by atoms with Crippen molar-refractivity contribution in [3.8, 4) is 5.88 Å². The number of anilines is 1. The minimum absolute atomic E-state index is 0.0773. The summed E-state index contributed by atoms with van der Waals surface area (Å²) in [6.07, 6.45) is -6.27. The van der Waals surface area contributed by atoms with Crippen LogP contribution in [0.5, 0.6) is 5.88 Å². The summed E-state index contributed by atoms with van der Waals surface area (Å²) in [5.74, 6) is -0.0773. The lowest BCUT2D eigenvalue weighted by atomic mass is 10.3. The molecule has 84 valence electrons. The SMILES string of the molecule is Cc1nc(OC(C)C(F)(F)F)ccc1N. The zero-order valence-electron chi connectivity index (χ0n) is 8.30. The molecule has 1 aromatic heterocycles. The van der Waals surface area contributed by atoms with Crippen molar-refractivity contribution < 1.29 is 17.9 Å². The predicted octanol–water partition coefficient (Wildman–Crippen LogP) is 2.30. The van der Waals surface area contributed by atoms with Gasteiger partial charge in [0.15, 0.2) is 6.10 Å². The molecule has 2 N–H and O–H groups in total. The van der Waals surface area contributed by atoms with Crippen LogP contribution in [0.4, 0.5) is 18.9 Å². The summed E-state index contributed by atoms with van der Waals surface area (Å²) < 4.78 is 41.0. The molecule has 0 bridgehead atoms. The molecule has 1 atom stereocenters. The van der Waals surface area contributed by atoms with E-state index in [-0.39, 0.29) is 5.88 Å². The molecule has 1 heterocycles. The minimum Gasteiger partial charge on any atom is -0.465 e. The molecule has 0 amide bonds. The molecule has 1 aromatic rings. The highest BCUT2D eigenvalue weighted by Crippen LogP contribution is 2.24. The molecule has 0 radical (unpaired) electrons. The molecule has 0 saturated heterocycles. The largest absolute Gasteiger partial charge is 0.465 e. The van der Waals surface area contributed by atoms with E-state index in [1.807, 2.05) is 0 Å². The second-order valence-electron chi connectivity index (χ2n) is 3.13. The summed E-state index contributed by atoms with van der Waals surface area (Å²) in [5, 5.41) is 0. The van der Waals surface area contributed by atoms with E-state index in [1.54, 1.807) is 6.92 Å². The van der Waals surface area contributed by atoms with E-state index < -0.39 is 12.3 Å². The lowest BCUT2D eigenvalue weighted by molar-refractivity contribution is -0.190. The number of rotatable bonds is 2. The Labute approximate surface area is 85.1 Å². The van der Waals surface area contributed by atoms with Crippen molar-refractivity contribution >= 4 is 5.69 Å². The van der Waals surface area contributed by atoms with Gasteiger partial charge in [-0.2, -0.15) is 13.2 Å². The smallest absolute Gasteiger partial charge is 0.425 e. The van der Waals surface area contributed by atoms with Crippen molar-refractivity contribution in [1.29, 1.82) is 0 Å². The fourth-order valence-electron chi connectivity index (χ4n) is 0.862. The number of hydrogen-bond donors (Lipinski definition) is 1. The number of nitrogens with zero attached hydrogens (tertiary/aromatic N) is 1. The van der Waals surface area contributed by atoms with Gasteiger partial charge in [-0.15, -0.1) is 0 Å². The van der Waals surface area contributed by atoms with Crippen molar-refractivity contribution in [3.63, 3.8) is 0 Å². The average Bonchev–Trinajstić information content (AvgIpc) is 2.10. The first-order chi connectivity index (χ1) is 6.80. The van der Waals surface area contributed by atoms with Crippen LogP contribution in [-0.4, -0.2) is 17.3 Å². The molecule has 0 spiro atoms. The summed E-state index contributed by atoms with van der Waals surface area (Å²) in [7, 11) is 0. The van der Waals surface area contributed by atoms with Gasteiger partial charge in [-0.25, -0.2) is 4.98 Å². The van der Waals surface area contributed by atoms with Crippen molar-refractivity contribution in [2.45, 2.75) is 26.1 Å². The van der Waals surface area contributed by atoms with Crippen LogP contribution in [0, 0.1) is 6.92 Å². The highest BCUT2D eigenvalue weighted by Gasteiger charge is 2.38. The molecular weight excluding hydrogens is 209 g/mol. The Morgan fingerprint density at radius 1 is 1.40 bits per heavy atom. The van der Waals surface area contributed by atoms with E-state index in [2.05, 4.69) is 9.72 Å². The van der Waals surface area contributed by atoms with Crippen LogP contribution in [0.15, 0.2) is 12.1 Å². The monoisotopic (exact) mass is 220 g/mol. The van der Waals surface area contributed by atoms with E-state index in [0.717, 1.165) is 6.92 Å². The maximum absolute atomic E-state index is 12.1. The molecule has 0 fully saturated rings. The second-order valence-corrected chi connectivity index (χ2v) is 3.13. The zero-order valence-corrected chi connectivity index (χ0v) is 8.30. The molecule has 0 aliphatic heterocycles. The van der Waals surface area contributed by atoms with Crippen LogP contribution in [-0.2, 0) is 0 Å². The van der Waals surface area contributed by atoms with Gasteiger partial charge in [0.25, 0.3) is 0 Å². The molecular formula is C9H11F3N2O. The number of halogens is 3. The van der Waals surface area contributed by atoms with Crippen LogP contribution in [0.1, 0.15) is 12.6 Å². The van der Waals surface area contributed by atoms with Gasteiger partial charge in [-0.05, 0) is 19.9 Å². The zero-order chi connectivity index (χ0) is 11.6. The fourth-order valence-corrected chi connectivity index (χ4v) is 0.862. The van der Waals surface area contributed by atoms with Crippen LogP contribution in [0.25, 0.3) is 0 Å². The van der Waals surface area contributed by atoms with Crippen LogP contribution < -0.4 is 10.5 Å². The van der Waals surface area contributed by atoms with E-state index in [4.69, 9.17) is 5.73 Å². The van der Waals surface area contributed by atoms with Gasteiger partial charge in [0.05, 0.1) is 11.4 Å². The van der Waals surface area contributed by atoms with Crippen LogP contribution >= 0.6 is 0 Å². The maximum Gasteiger partial charge on any atom is 0.425 e. The molecule has 0 aliphatic carbocycles. The fraction of sp³-hybridized carbons (Fsp3) is 0.444. The Kier molecular flexibility index (Phi) is 3.06. The molecule has 6 heteroatoms. The summed E-state index contributed by atoms with van der Waals surface area (Å²) >= 11 is 0. The Morgan fingerprint density at radius 2 is 2.00 bits per heavy atom. The van der Waals surface area contributed by atoms with Crippen LogP contribution in [0.2, 0.25) is 0 Å². The normalized spacial score (nSPS) is 13.7. The number of aryl methyl sites for hydroxylation is 1.